The molecule has 1 heterocycles. The molecule has 1 aliphatic heterocycles. The Kier molecular flexibility index (Phi) is 4.30. The number of amides is 1. The zero-order valence-corrected chi connectivity index (χ0v) is 13.1. The Morgan fingerprint density at radius 1 is 1.00 bits per heavy atom. The Labute approximate surface area is 132 Å². The molecular formula is C18H21BN2O. The molecule has 2 unspecified atom stereocenters. The van der Waals surface area contributed by atoms with Gasteiger partial charge in [-0.1, -0.05) is 42.0 Å². The van der Waals surface area contributed by atoms with Gasteiger partial charge in [0, 0.05) is 17.8 Å². The first-order chi connectivity index (χ1) is 10.7. The fraction of sp³-hybridized carbons (Fsp3) is 0.278. The molecule has 4 heteroatoms. The first-order valence-electron chi connectivity index (χ1n) is 7.77. The van der Waals surface area contributed by atoms with E-state index in [-0.39, 0.29) is 0 Å². The van der Waals surface area contributed by atoms with Crippen molar-refractivity contribution < 1.29 is 4.79 Å². The van der Waals surface area contributed by atoms with Crippen molar-refractivity contribution in [1.29, 1.82) is 0 Å². The summed E-state index contributed by atoms with van der Waals surface area (Å²) in [6.07, 6.45) is 3.05. The molecule has 1 amide bonds. The number of hydrogen-bond donors (Lipinski definition) is 1. The van der Waals surface area contributed by atoms with Crippen LogP contribution in [0, 0.1) is 6.92 Å². The van der Waals surface area contributed by atoms with E-state index < -0.39 is 0 Å². The van der Waals surface area contributed by atoms with Crippen LogP contribution in [-0.4, -0.2) is 19.2 Å². The molecule has 3 rings (SSSR count). The normalized spacial score (nSPS) is 21.7. The first kappa shape index (κ1) is 14.9. The molecule has 0 aliphatic carbocycles. The molecule has 1 saturated heterocycles. The molecule has 22 heavy (non-hydrogen) atoms. The summed E-state index contributed by atoms with van der Waals surface area (Å²) >= 11 is 0. The van der Waals surface area contributed by atoms with Crippen molar-refractivity contribution in [2.24, 2.45) is 0 Å². The summed E-state index contributed by atoms with van der Waals surface area (Å²) in [5, 5.41) is 2.68. The fourth-order valence-corrected chi connectivity index (χ4v) is 3.40. The second-order valence-electron chi connectivity index (χ2n) is 6.07. The van der Waals surface area contributed by atoms with Crippen LogP contribution < -0.4 is 5.32 Å². The van der Waals surface area contributed by atoms with Gasteiger partial charge in [-0.3, -0.25) is 4.79 Å². The lowest BCUT2D eigenvalue weighted by Crippen LogP contribution is -2.23. The van der Waals surface area contributed by atoms with E-state index in [4.69, 9.17) is 0 Å². The molecule has 1 N–H and O–H groups in total. The molecular weight excluding hydrogens is 271 g/mol. The van der Waals surface area contributed by atoms with Crippen molar-refractivity contribution >= 4 is 20.1 Å². The molecule has 2 aromatic rings. The highest BCUT2D eigenvalue weighted by molar-refractivity contribution is 6.05. The van der Waals surface area contributed by atoms with Gasteiger partial charge in [-0.15, -0.1) is 0 Å². The third-order valence-corrected chi connectivity index (χ3v) is 4.68. The molecule has 1 fully saturated rings. The Balaban J connectivity index is 1.76. The second-order valence-corrected chi connectivity index (χ2v) is 6.07. The Hall–Kier alpha value is -2.07. The SMILES string of the molecule is BN1C(c2ccc(C)cc2)CCC1c1ccc(NC=O)cc1. The van der Waals surface area contributed by atoms with Crippen LogP contribution in [0.1, 0.15) is 41.6 Å². The van der Waals surface area contributed by atoms with Gasteiger partial charge in [0.1, 0.15) is 0 Å². The topological polar surface area (TPSA) is 32.3 Å². The zero-order chi connectivity index (χ0) is 15.5. The van der Waals surface area contributed by atoms with Crippen LogP contribution in [0.3, 0.4) is 0 Å². The lowest BCUT2D eigenvalue weighted by atomic mass is 10.0. The van der Waals surface area contributed by atoms with Gasteiger partial charge in [0.25, 0.3) is 0 Å². The number of nitrogens with one attached hydrogen (secondary N) is 1. The minimum absolute atomic E-state index is 0.441. The van der Waals surface area contributed by atoms with Gasteiger partial charge >= 0.3 is 0 Å². The Morgan fingerprint density at radius 2 is 1.50 bits per heavy atom. The van der Waals surface area contributed by atoms with E-state index in [1.807, 2.05) is 12.1 Å². The molecule has 0 aromatic heterocycles. The van der Waals surface area contributed by atoms with Crippen molar-refractivity contribution in [3.05, 3.63) is 65.2 Å². The van der Waals surface area contributed by atoms with Crippen molar-refractivity contribution in [3.8, 4) is 0 Å². The van der Waals surface area contributed by atoms with E-state index in [0.29, 0.717) is 18.5 Å². The van der Waals surface area contributed by atoms with Crippen molar-refractivity contribution in [2.75, 3.05) is 5.32 Å². The Bertz CT molecular complexity index is 639. The highest BCUT2D eigenvalue weighted by Crippen LogP contribution is 2.42. The molecule has 2 atom stereocenters. The maximum atomic E-state index is 10.5. The van der Waals surface area contributed by atoms with Crippen LogP contribution >= 0.6 is 0 Å². The van der Waals surface area contributed by atoms with E-state index >= 15 is 0 Å². The van der Waals surface area contributed by atoms with E-state index in [9.17, 15) is 4.79 Å². The molecule has 0 spiro atoms. The lowest BCUT2D eigenvalue weighted by Gasteiger charge is -2.27. The van der Waals surface area contributed by atoms with Gasteiger partial charge in [0.15, 0.2) is 7.98 Å². The summed E-state index contributed by atoms with van der Waals surface area (Å²) in [5.41, 5.74) is 4.86. The van der Waals surface area contributed by atoms with Crippen LogP contribution in [-0.2, 0) is 4.79 Å². The van der Waals surface area contributed by atoms with Crippen LogP contribution in [0.5, 0.6) is 0 Å². The van der Waals surface area contributed by atoms with Gasteiger partial charge < -0.3 is 10.1 Å². The molecule has 0 bridgehead atoms. The second kappa shape index (κ2) is 6.36. The number of rotatable bonds is 4. The third-order valence-electron chi connectivity index (χ3n) is 4.68. The van der Waals surface area contributed by atoms with Crippen LogP contribution in [0.15, 0.2) is 48.5 Å². The van der Waals surface area contributed by atoms with Gasteiger partial charge in [-0.05, 0) is 43.0 Å². The number of nitrogens with zero attached hydrogens (tertiary/aromatic N) is 1. The monoisotopic (exact) mass is 292 g/mol. The number of carbonyl (C=O) groups is 1. The van der Waals surface area contributed by atoms with Crippen molar-refractivity contribution in [3.63, 3.8) is 0 Å². The average molecular weight is 292 g/mol. The Morgan fingerprint density at radius 3 is 2.00 bits per heavy atom. The largest absolute Gasteiger partial charge is 0.336 e. The number of benzene rings is 2. The first-order valence-corrected chi connectivity index (χ1v) is 7.77. The van der Waals surface area contributed by atoms with Crippen molar-refractivity contribution in [1.82, 2.24) is 4.81 Å². The predicted molar refractivity (Wildman–Crippen MR) is 92.4 cm³/mol. The van der Waals surface area contributed by atoms with E-state index in [2.05, 4.69) is 61.4 Å². The van der Waals surface area contributed by atoms with Gasteiger partial charge in [0.05, 0.1) is 0 Å². The fourth-order valence-electron chi connectivity index (χ4n) is 3.40. The standard InChI is InChI=1S/C18H21BN2O/c1-13-2-4-14(5-3-13)17-10-11-18(21(17)19)15-6-8-16(9-7-15)20-12-22/h2-9,12,17-18H,10-11,19H2,1H3,(H,20,22). The van der Waals surface area contributed by atoms with E-state index in [1.165, 1.54) is 23.1 Å². The number of carbonyl (C=O) groups excluding carboxylic acids is 1. The quantitative estimate of drug-likeness (QED) is 0.694. The van der Waals surface area contributed by atoms with Gasteiger partial charge in [-0.25, -0.2) is 0 Å². The molecule has 0 saturated carbocycles. The number of hydrogen-bond acceptors (Lipinski definition) is 2. The highest BCUT2D eigenvalue weighted by Gasteiger charge is 2.31. The molecule has 0 radical (unpaired) electrons. The zero-order valence-electron chi connectivity index (χ0n) is 13.1. The van der Waals surface area contributed by atoms with Crippen LogP contribution in [0.2, 0.25) is 0 Å². The summed E-state index contributed by atoms with van der Waals surface area (Å²) in [5.74, 6) is 0. The van der Waals surface area contributed by atoms with E-state index in [1.54, 1.807) is 0 Å². The molecule has 2 aromatic carbocycles. The minimum atomic E-state index is 0.441. The third kappa shape index (κ3) is 2.92. The maximum Gasteiger partial charge on any atom is 0.211 e. The maximum absolute atomic E-state index is 10.5. The van der Waals surface area contributed by atoms with Crippen LogP contribution in [0.25, 0.3) is 0 Å². The summed E-state index contributed by atoms with van der Waals surface area (Å²) in [7, 11) is 2.21. The summed E-state index contributed by atoms with van der Waals surface area (Å²) in [6, 6.07) is 18.0. The van der Waals surface area contributed by atoms with E-state index in [0.717, 1.165) is 12.1 Å². The molecule has 3 nitrogen and oxygen atoms in total. The van der Waals surface area contributed by atoms with Gasteiger partial charge in [0.2, 0.25) is 6.41 Å². The predicted octanol–water partition coefficient (Wildman–Crippen LogP) is 2.99. The summed E-state index contributed by atoms with van der Waals surface area (Å²) in [4.78, 5) is 12.9. The van der Waals surface area contributed by atoms with Crippen LogP contribution in [0.4, 0.5) is 5.69 Å². The smallest absolute Gasteiger partial charge is 0.211 e. The lowest BCUT2D eigenvalue weighted by molar-refractivity contribution is -0.105. The number of anilines is 1. The van der Waals surface area contributed by atoms with Gasteiger partial charge in [-0.2, -0.15) is 0 Å². The minimum Gasteiger partial charge on any atom is -0.336 e. The highest BCUT2D eigenvalue weighted by atomic mass is 16.1. The summed E-state index contributed by atoms with van der Waals surface area (Å²) < 4.78 is 0. The number of aryl methyl sites for hydroxylation is 1. The van der Waals surface area contributed by atoms with Crippen molar-refractivity contribution in [2.45, 2.75) is 31.8 Å². The average Bonchev–Trinajstić information content (AvgIpc) is 2.91. The molecule has 1 aliphatic rings. The molecule has 112 valence electrons. The summed E-state index contributed by atoms with van der Waals surface area (Å²) in [6.45, 7) is 2.12.